The number of carbonyl (C=O) groups is 2. The fourth-order valence-electron chi connectivity index (χ4n) is 3.03. The molecule has 0 saturated carbocycles. The number of carbonyl (C=O) groups excluding carboxylic acids is 2. The van der Waals surface area contributed by atoms with Crippen molar-refractivity contribution in [1.82, 2.24) is 5.32 Å². The molecule has 1 aromatic rings. The Morgan fingerprint density at radius 3 is 2.56 bits per heavy atom. The van der Waals surface area contributed by atoms with Gasteiger partial charge in [-0.3, -0.25) is 4.79 Å². The molecule has 1 saturated heterocycles. The van der Waals surface area contributed by atoms with Gasteiger partial charge in [-0.1, -0.05) is 31.2 Å². The Labute approximate surface area is 194 Å². The second kappa shape index (κ2) is 13.7. The summed E-state index contributed by atoms with van der Waals surface area (Å²) in [5.41, 5.74) is 0.910. The average molecular weight is 488 g/mol. The lowest BCUT2D eigenvalue weighted by Gasteiger charge is -2.41. The third-order valence-corrected chi connectivity index (χ3v) is 6.61. The van der Waals surface area contributed by atoms with Crippen LogP contribution in [0.1, 0.15) is 43.0 Å². The molecule has 1 aliphatic rings. The maximum Gasteiger partial charge on any atom is 0.338 e. The summed E-state index contributed by atoms with van der Waals surface area (Å²) in [7, 11) is -1.69. The molecule has 3 unspecified atom stereocenters. The van der Waals surface area contributed by atoms with Crippen LogP contribution in [0.4, 0.5) is 0 Å². The molecule has 1 fully saturated rings. The number of ether oxygens (including phenoxy) is 2. The Hall–Kier alpha value is -1.72. The number of allylic oxidation sites excluding steroid dienone is 1. The van der Waals surface area contributed by atoms with E-state index in [0.29, 0.717) is 17.8 Å². The lowest BCUT2D eigenvalue weighted by molar-refractivity contribution is -0.255. The SMILES string of the molecule is C=CCCC.CNC(CSC=O)C1(O)CC(OC(=O)c2ccc(S(C)(=O)=O)cc2)CCO1. The zero-order chi connectivity index (χ0) is 24.2. The van der Waals surface area contributed by atoms with Gasteiger partial charge in [0, 0.05) is 24.9 Å². The van der Waals surface area contributed by atoms with E-state index in [9.17, 15) is 23.1 Å². The van der Waals surface area contributed by atoms with Gasteiger partial charge in [-0.2, -0.15) is 0 Å². The molecule has 8 nitrogen and oxygen atoms in total. The summed E-state index contributed by atoms with van der Waals surface area (Å²) < 4.78 is 33.9. The minimum atomic E-state index is -3.34. The quantitative estimate of drug-likeness (QED) is 0.291. The van der Waals surface area contributed by atoms with Crippen molar-refractivity contribution in [2.75, 3.05) is 25.7 Å². The van der Waals surface area contributed by atoms with E-state index < -0.39 is 33.7 Å². The van der Waals surface area contributed by atoms with Crippen LogP contribution in [0.2, 0.25) is 0 Å². The van der Waals surface area contributed by atoms with Crippen molar-refractivity contribution < 1.29 is 32.6 Å². The van der Waals surface area contributed by atoms with Gasteiger partial charge >= 0.3 is 5.97 Å². The van der Waals surface area contributed by atoms with Crippen molar-refractivity contribution in [2.45, 2.75) is 55.4 Å². The number of hydrogen-bond donors (Lipinski definition) is 2. The van der Waals surface area contributed by atoms with Crippen molar-refractivity contribution in [3.05, 3.63) is 42.5 Å². The minimum Gasteiger partial charge on any atom is -0.458 e. The first-order chi connectivity index (χ1) is 15.1. The molecule has 1 heterocycles. The average Bonchev–Trinajstić information content (AvgIpc) is 2.74. The van der Waals surface area contributed by atoms with Gasteiger partial charge in [-0.25, -0.2) is 13.2 Å². The van der Waals surface area contributed by atoms with Crippen molar-refractivity contribution in [3.8, 4) is 0 Å². The van der Waals surface area contributed by atoms with Gasteiger partial charge in [-0.05, 0) is 37.7 Å². The first-order valence-corrected chi connectivity index (χ1v) is 13.3. The van der Waals surface area contributed by atoms with Crippen LogP contribution in [0.5, 0.6) is 0 Å². The molecule has 0 spiro atoms. The highest BCUT2D eigenvalue weighted by Crippen LogP contribution is 2.29. The third-order valence-electron chi connectivity index (χ3n) is 4.82. The third kappa shape index (κ3) is 9.03. The molecule has 0 bridgehead atoms. The number of aliphatic hydroxyl groups is 1. The monoisotopic (exact) mass is 487 g/mol. The number of likely N-dealkylation sites (N-methyl/N-ethyl adjacent to an activating group) is 1. The highest BCUT2D eigenvalue weighted by atomic mass is 32.2. The van der Waals surface area contributed by atoms with E-state index in [-0.39, 0.29) is 23.5 Å². The fraction of sp³-hybridized carbons (Fsp3) is 0.545. The molecule has 1 aliphatic heterocycles. The summed E-state index contributed by atoms with van der Waals surface area (Å²) >= 11 is 1.01. The normalized spacial score (nSPS) is 21.6. The van der Waals surface area contributed by atoms with E-state index in [1.807, 2.05) is 6.08 Å². The van der Waals surface area contributed by atoms with Gasteiger partial charge in [0.25, 0.3) is 0 Å². The van der Waals surface area contributed by atoms with E-state index in [1.54, 1.807) is 7.05 Å². The molecule has 3 atom stereocenters. The summed E-state index contributed by atoms with van der Waals surface area (Å²) in [6, 6.07) is 4.96. The summed E-state index contributed by atoms with van der Waals surface area (Å²) in [5.74, 6) is -1.86. The second-order valence-electron chi connectivity index (χ2n) is 7.36. The Balaban J connectivity index is 0.000000920. The molecule has 32 heavy (non-hydrogen) atoms. The highest BCUT2D eigenvalue weighted by Gasteiger charge is 2.43. The Morgan fingerprint density at radius 1 is 1.44 bits per heavy atom. The lowest BCUT2D eigenvalue weighted by atomic mass is 9.96. The smallest absolute Gasteiger partial charge is 0.338 e. The van der Waals surface area contributed by atoms with E-state index in [0.717, 1.165) is 24.4 Å². The maximum atomic E-state index is 12.3. The number of rotatable bonds is 10. The standard InChI is InChI=1S/C17H23NO7S2.C5H10/c1-18-15(10-26-11-19)17(21)9-13(7-8-24-17)25-16(20)12-3-5-14(6-4-12)27(2,22)23;1-3-5-4-2/h3-6,11,13,15,18,21H,7-10H2,1-2H3;3H,1,4-5H2,2H3. The van der Waals surface area contributed by atoms with Gasteiger partial charge in [0.2, 0.25) is 0 Å². The number of sulfone groups is 1. The molecule has 1 aromatic carbocycles. The van der Waals surface area contributed by atoms with Crippen LogP contribution in [0, 0.1) is 0 Å². The molecular weight excluding hydrogens is 454 g/mol. The first-order valence-electron chi connectivity index (χ1n) is 10.3. The molecule has 0 radical (unpaired) electrons. The van der Waals surface area contributed by atoms with Crippen molar-refractivity contribution in [2.24, 2.45) is 0 Å². The van der Waals surface area contributed by atoms with Crippen LogP contribution in [-0.2, 0) is 24.1 Å². The number of unbranched alkanes of at least 4 members (excludes halogenated alkanes) is 1. The molecule has 0 aromatic heterocycles. The molecule has 0 amide bonds. The predicted molar refractivity (Wildman–Crippen MR) is 126 cm³/mol. The summed E-state index contributed by atoms with van der Waals surface area (Å²) in [6.45, 7) is 5.89. The molecule has 0 aliphatic carbocycles. The summed E-state index contributed by atoms with van der Waals surface area (Å²) in [4.78, 5) is 23.0. The van der Waals surface area contributed by atoms with E-state index in [4.69, 9.17) is 9.47 Å². The number of hydrogen-bond acceptors (Lipinski definition) is 9. The van der Waals surface area contributed by atoms with Crippen LogP contribution in [-0.4, -0.2) is 68.7 Å². The summed E-state index contributed by atoms with van der Waals surface area (Å²) in [6.07, 6.45) is 5.31. The number of thioether (sulfide) groups is 1. The van der Waals surface area contributed by atoms with Gasteiger partial charge in [-0.15, -0.1) is 6.58 Å². The van der Waals surface area contributed by atoms with Crippen LogP contribution < -0.4 is 5.32 Å². The second-order valence-corrected chi connectivity index (χ2v) is 10.2. The molecule has 10 heteroatoms. The first kappa shape index (κ1) is 28.3. The minimum absolute atomic E-state index is 0.0606. The van der Waals surface area contributed by atoms with Crippen LogP contribution >= 0.6 is 11.8 Å². The van der Waals surface area contributed by atoms with Gasteiger partial charge in [0.05, 0.1) is 23.1 Å². The number of esters is 1. The van der Waals surface area contributed by atoms with Gasteiger partial charge < -0.3 is 19.9 Å². The van der Waals surface area contributed by atoms with Crippen LogP contribution in [0.3, 0.4) is 0 Å². The molecule has 180 valence electrons. The zero-order valence-corrected chi connectivity index (χ0v) is 20.4. The van der Waals surface area contributed by atoms with Crippen LogP contribution in [0.15, 0.2) is 41.8 Å². The Morgan fingerprint density at radius 2 is 2.09 bits per heavy atom. The summed E-state index contributed by atoms with van der Waals surface area (Å²) in [5, 5.41) is 13.7. The van der Waals surface area contributed by atoms with Crippen molar-refractivity contribution in [1.29, 1.82) is 0 Å². The van der Waals surface area contributed by atoms with Crippen molar-refractivity contribution in [3.63, 3.8) is 0 Å². The highest BCUT2D eigenvalue weighted by molar-refractivity contribution is 8.11. The molecular formula is C22H33NO7S2. The lowest BCUT2D eigenvalue weighted by Crippen LogP contribution is -2.57. The Bertz CT molecular complexity index is 842. The zero-order valence-electron chi connectivity index (χ0n) is 18.8. The number of nitrogens with one attached hydrogen (secondary N) is 1. The topological polar surface area (TPSA) is 119 Å². The van der Waals surface area contributed by atoms with E-state index in [1.165, 1.54) is 30.7 Å². The van der Waals surface area contributed by atoms with Crippen molar-refractivity contribution >= 4 is 33.2 Å². The van der Waals surface area contributed by atoms with Gasteiger partial charge in [0.1, 0.15) is 6.10 Å². The molecule has 2 rings (SSSR count). The van der Waals surface area contributed by atoms with E-state index >= 15 is 0 Å². The van der Waals surface area contributed by atoms with E-state index in [2.05, 4.69) is 18.8 Å². The largest absolute Gasteiger partial charge is 0.458 e. The van der Waals surface area contributed by atoms with Gasteiger partial charge in [0.15, 0.2) is 21.2 Å². The molecule has 2 N–H and O–H groups in total. The number of benzene rings is 1. The predicted octanol–water partition coefficient (Wildman–Crippen LogP) is 2.60. The maximum absolute atomic E-state index is 12.3. The fourth-order valence-corrected chi connectivity index (χ4v) is 4.36. The van der Waals surface area contributed by atoms with Crippen LogP contribution in [0.25, 0.3) is 0 Å². The Kier molecular flexibility index (Phi) is 12.2.